The molecular formula is C59H38O6P2. The lowest BCUT2D eigenvalue weighted by atomic mass is 9.80. The largest absolute Gasteiger partial charge is 0.453 e. The standard InChI is InChI=1S/C59H38O6P2/c1-3-21-43(22-4-1)59(44-23-5-2-6-24-44,65-67-63-53-37-33-41-19-9-13-27-47(41)57(53)58-48-28-14-10-20-42(48)34-38-54(58)64-67)49-29-15-16-30-50(49)60-66-61-51-35-31-39-17-7-11-25-45(39)55(51)56-46-26-12-8-18-40(46)32-36-52(56)62-66/h1-38H. The van der Waals surface area contributed by atoms with Crippen LogP contribution >= 0.6 is 16.5 Å². The van der Waals surface area contributed by atoms with Crippen LogP contribution in [-0.2, 0) is 5.60 Å². The van der Waals surface area contributed by atoms with E-state index in [1.165, 1.54) is 0 Å². The molecule has 67 heavy (non-hydrogen) atoms. The average molecular weight is 905 g/mol. The van der Waals surface area contributed by atoms with Gasteiger partial charge in [0.05, 0.1) is 0 Å². The van der Waals surface area contributed by atoms with Gasteiger partial charge in [0.2, 0.25) is 0 Å². The van der Waals surface area contributed by atoms with Gasteiger partial charge in [0.25, 0.3) is 0 Å². The van der Waals surface area contributed by atoms with E-state index in [0.717, 1.165) is 75.8 Å². The van der Waals surface area contributed by atoms with Crippen molar-refractivity contribution in [2.24, 2.45) is 0 Å². The maximum atomic E-state index is 7.68. The van der Waals surface area contributed by atoms with E-state index in [1.54, 1.807) is 0 Å². The first-order valence-corrected chi connectivity index (χ1v) is 24.4. The molecule has 11 aromatic carbocycles. The summed E-state index contributed by atoms with van der Waals surface area (Å²) in [6, 6.07) is 78.4. The molecule has 2 aromatic heterocycles. The molecule has 320 valence electrons. The van der Waals surface area contributed by atoms with Gasteiger partial charge in [-0.15, -0.1) is 0 Å². The van der Waals surface area contributed by atoms with Crippen LogP contribution in [0.15, 0.2) is 247 Å². The van der Waals surface area contributed by atoms with Crippen molar-refractivity contribution < 1.29 is 25.8 Å². The number of rotatable bonds is 7. The predicted molar refractivity (Wildman–Crippen MR) is 274 cm³/mol. The van der Waals surface area contributed by atoms with Crippen molar-refractivity contribution in [1.82, 2.24) is 0 Å². The van der Waals surface area contributed by atoms with Crippen LogP contribution in [0.4, 0.5) is 0 Å². The molecule has 0 aliphatic carbocycles. The Hall–Kier alpha value is -7.98. The molecule has 8 heteroatoms. The quantitative estimate of drug-likeness (QED) is 0.148. The molecular weight excluding hydrogens is 867 g/mol. The maximum Gasteiger partial charge on any atom is 0.453 e. The van der Waals surface area contributed by atoms with Crippen molar-refractivity contribution in [3.05, 3.63) is 247 Å². The van der Waals surface area contributed by atoms with E-state index in [0.29, 0.717) is 33.6 Å². The minimum Gasteiger partial charge on any atom is -0.399 e. The summed E-state index contributed by atoms with van der Waals surface area (Å²) in [5, 5.41) is 12.5. The van der Waals surface area contributed by atoms with Crippen molar-refractivity contribution >= 4 is 103 Å². The molecule has 13 aromatic rings. The molecule has 13 rings (SSSR count). The molecule has 0 atom stereocenters. The first-order valence-electron chi connectivity index (χ1n) is 22.2. The van der Waals surface area contributed by atoms with Crippen LogP contribution in [0.2, 0.25) is 0 Å². The van der Waals surface area contributed by atoms with E-state index in [1.807, 2.05) is 84.9 Å². The van der Waals surface area contributed by atoms with Gasteiger partial charge in [-0.2, -0.15) is 0 Å². The summed E-state index contributed by atoms with van der Waals surface area (Å²) in [5.74, 6) is 0.510. The topological polar surface area (TPSA) is 71.0 Å². The van der Waals surface area contributed by atoms with Gasteiger partial charge in [-0.05, 0) is 84.5 Å². The van der Waals surface area contributed by atoms with Crippen LogP contribution in [0, 0.1) is 0 Å². The first-order chi connectivity index (χ1) is 33.2. The Balaban J connectivity index is 1.08. The zero-order chi connectivity index (χ0) is 44.3. The van der Waals surface area contributed by atoms with Crippen molar-refractivity contribution in [2.45, 2.75) is 5.60 Å². The Bertz CT molecular complexity index is 3890. The molecule has 0 aliphatic heterocycles. The lowest BCUT2D eigenvalue weighted by Crippen LogP contribution is -2.35. The Labute approximate surface area is 386 Å². The molecule has 0 spiro atoms. The summed E-state index contributed by atoms with van der Waals surface area (Å²) in [4.78, 5) is 0. The van der Waals surface area contributed by atoms with Gasteiger partial charge >= 0.3 is 16.5 Å². The van der Waals surface area contributed by atoms with Gasteiger partial charge in [-0.3, -0.25) is 4.52 Å². The molecule has 0 aliphatic rings. The Morgan fingerprint density at radius 3 is 1.03 bits per heavy atom. The van der Waals surface area contributed by atoms with Crippen LogP contribution in [0.5, 0.6) is 5.75 Å². The summed E-state index contributed by atoms with van der Waals surface area (Å²) in [5.41, 5.74) is 3.73. The highest BCUT2D eigenvalue weighted by Gasteiger charge is 2.43. The van der Waals surface area contributed by atoms with Crippen molar-refractivity contribution in [3.63, 3.8) is 0 Å². The second-order valence-corrected chi connectivity index (χ2v) is 18.5. The lowest BCUT2D eigenvalue weighted by molar-refractivity contribution is 0.208. The monoisotopic (exact) mass is 904 g/mol. The smallest absolute Gasteiger partial charge is 0.399 e. The van der Waals surface area contributed by atoms with Gasteiger partial charge < -0.3 is 21.3 Å². The fourth-order valence-electron chi connectivity index (χ4n) is 9.78. The fourth-order valence-corrected chi connectivity index (χ4v) is 12.1. The lowest BCUT2D eigenvalue weighted by Gasteiger charge is -2.34. The molecule has 0 saturated heterocycles. The highest BCUT2D eigenvalue weighted by atomic mass is 31.1. The minimum atomic E-state index is -2.19. The number of benzene rings is 11. The molecule has 6 nitrogen and oxygen atoms in total. The zero-order valence-corrected chi connectivity index (χ0v) is 37.6. The highest BCUT2D eigenvalue weighted by Crippen LogP contribution is 2.51. The number of hydrogen-bond acceptors (Lipinski definition) is 6. The average Bonchev–Trinajstić information content (AvgIpc) is 3.66. The molecule has 0 amide bonds. The summed E-state index contributed by atoms with van der Waals surface area (Å²) in [6.45, 7) is 0. The van der Waals surface area contributed by atoms with E-state index in [4.69, 9.17) is 25.8 Å². The molecule has 0 fully saturated rings. The molecule has 0 unspecified atom stereocenters. The van der Waals surface area contributed by atoms with Gasteiger partial charge in [0.1, 0.15) is 28.1 Å². The number of fused-ring (bicyclic) bond motifs is 14. The van der Waals surface area contributed by atoms with Crippen molar-refractivity contribution in [2.75, 3.05) is 0 Å². The third kappa shape index (κ3) is 6.61. The van der Waals surface area contributed by atoms with Crippen LogP contribution in [0.3, 0.4) is 0 Å². The van der Waals surface area contributed by atoms with Crippen molar-refractivity contribution in [3.8, 4) is 5.75 Å². The van der Waals surface area contributed by atoms with E-state index in [9.17, 15) is 0 Å². The minimum absolute atomic E-state index is 0.510. The Kier molecular flexibility index (Phi) is 9.50. The van der Waals surface area contributed by atoms with E-state index >= 15 is 0 Å². The van der Waals surface area contributed by atoms with E-state index in [-0.39, 0.29) is 0 Å². The van der Waals surface area contributed by atoms with Gasteiger partial charge in [-0.1, -0.05) is 200 Å². The molecule has 0 N–H and O–H groups in total. The molecule has 2 heterocycles. The Morgan fingerprint density at radius 2 is 0.627 bits per heavy atom. The SMILES string of the molecule is c1ccc(C(Op2oc3ccc4ccccc4c3c3c(ccc4ccccc43)o2)(c2ccccc2)c2ccccc2Op2oc3ccc4ccccc4c3c3c(ccc4ccccc43)o2)cc1. The molecule has 0 saturated carbocycles. The third-order valence-electron chi connectivity index (χ3n) is 12.8. The number of hydrogen-bond donors (Lipinski definition) is 0. The second kappa shape index (κ2) is 16.2. The normalized spacial score (nSPS) is 11.9. The maximum absolute atomic E-state index is 7.68. The zero-order valence-electron chi connectivity index (χ0n) is 35.8. The molecule has 0 radical (unpaired) electrons. The Morgan fingerprint density at radius 1 is 0.299 bits per heavy atom. The van der Waals surface area contributed by atoms with E-state index < -0.39 is 22.1 Å². The third-order valence-corrected chi connectivity index (χ3v) is 14.9. The van der Waals surface area contributed by atoms with E-state index in [2.05, 4.69) is 146 Å². The van der Waals surface area contributed by atoms with Gasteiger partial charge in [-0.25, -0.2) is 0 Å². The highest BCUT2D eigenvalue weighted by molar-refractivity contribution is 7.32. The fraction of sp³-hybridized carbons (Fsp3) is 0.0169. The predicted octanol–water partition coefficient (Wildman–Crippen LogP) is 17.8. The van der Waals surface area contributed by atoms with Crippen LogP contribution in [-0.4, -0.2) is 0 Å². The summed E-state index contributed by atoms with van der Waals surface area (Å²) in [6.07, 6.45) is 0. The summed E-state index contributed by atoms with van der Waals surface area (Å²) < 4.78 is 42.9. The van der Waals surface area contributed by atoms with Crippen LogP contribution in [0.1, 0.15) is 16.7 Å². The van der Waals surface area contributed by atoms with Gasteiger partial charge in [0.15, 0.2) is 5.60 Å². The summed E-state index contributed by atoms with van der Waals surface area (Å²) >= 11 is 0. The summed E-state index contributed by atoms with van der Waals surface area (Å²) in [7, 11) is -4.29. The second-order valence-electron chi connectivity index (χ2n) is 16.5. The number of para-hydroxylation sites is 1. The van der Waals surface area contributed by atoms with Crippen molar-refractivity contribution in [1.29, 1.82) is 0 Å². The first kappa shape index (κ1) is 39.4. The molecule has 0 bridgehead atoms. The van der Waals surface area contributed by atoms with Crippen LogP contribution in [0.25, 0.3) is 87.0 Å². The van der Waals surface area contributed by atoms with Crippen LogP contribution < -0.4 is 9.05 Å². The van der Waals surface area contributed by atoms with Gasteiger partial charge in [0, 0.05) is 27.1 Å².